The van der Waals surface area contributed by atoms with E-state index in [2.05, 4.69) is 25.8 Å². The molecule has 4 aromatic rings. The van der Waals surface area contributed by atoms with Crippen LogP contribution in [0.25, 0.3) is 5.78 Å². The second kappa shape index (κ2) is 14.6. The highest BCUT2D eigenvalue weighted by Gasteiger charge is 2.36. The lowest BCUT2D eigenvalue weighted by Crippen LogP contribution is -2.56. The predicted molar refractivity (Wildman–Crippen MR) is 192 cm³/mol. The van der Waals surface area contributed by atoms with Gasteiger partial charge in [-0.1, -0.05) is 19.8 Å². The third kappa shape index (κ3) is 6.84. The fourth-order valence-corrected chi connectivity index (χ4v) is 7.87. The van der Waals surface area contributed by atoms with Gasteiger partial charge in [-0.25, -0.2) is 9.07 Å². The van der Waals surface area contributed by atoms with Gasteiger partial charge in [-0.15, -0.1) is 5.10 Å². The number of nitrogens with zero attached hydrogens (tertiary/aromatic N) is 8. The van der Waals surface area contributed by atoms with Crippen molar-refractivity contribution in [2.45, 2.75) is 77.7 Å². The summed E-state index contributed by atoms with van der Waals surface area (Å²) in [5.41, 5.74) is -1.59. The number of hydrogen-bond donors (Lipinski definition) is 3. The number of nitrogens with one attached hydrogen (secondary N) is 3. The molecule has 3 aliphatic rings. The molecule has 54 heavy (non-hydrogen) atoms. The summed E-state index contributed by atoms with van der Waals surface area (Å²) in [5.74, 6) is -2.22. The van der Waals surface area contributed by atoms with Gasteiger partial charge >= 0.3 is 6.18 Å². The van der Waals surface area contributed by atoms with Gasteiger partial charge in [-0.05, 0) is 50.8 Å². The third-order valence-corrected chi connectivity index (χ3v) is 10.7. The first-order chi connectivity index (χ1) is 25.8. The molecule has 290 valence electrons. The molecule has 0 unspecified atom stereocenters. The number of aryl methyl sites for hydroxylation is 1. The standard InChI is InChI=1S/C35H43F4N11O4/c1-4-27-29(46-13-14-47(21(3)18-46)30(52)23-17-41-49(31(23)53)22-7-5-6-8-22)32(54)50-34(43-33(44-50)45-11-9-40-10-12-45)48(27)19-28(51)42-26-16-25(36)24(15-20(26)2)35(37,38)39/h15-17,21-22,40-41H,4-14,18-19H2,1-3H3,(H,42,51)/t21-/m1/s1. The Labute approximate surface area is 306 Å². The third-order valence-electron chi connectivity index (χ3n) is 10.7. The van der Waals surface area contributed by atoms with Gasteiger partial charge in [-0.2, -0.15) is 22.7 Å². The minimum Gasteiger partial charge on any atom is -0.362 e. The second-order valence-electron chi connectivity index (χ2n) is 14.2. The number of aromatic nitrogens is 6. The highest BCUT2D eigenvalue weighted by Crippen LogP contribution is 2.34. The Balaban J connectivity index is 1.21. The molecule has 3 N–H and O–H groups in total. The van der Waals surface area contributed by atoms with E-state index in [1.54, 1.807) is 14.1 Å². The van der Waals surface area contributed by atoms with Crippen molar-refractivity contribution in [3.63, 3.8) is 0 Å². The topological polar surface area (TPSA) is 158 Å². The number of halogens is 4. The van der Waals surface area contributed by atoms with Crippen LogP contribution in [0.5, 0.6) is 0 Å². The summed E-state index contributed by atoms with van der Waals surface area (Å²) >= 11 is 0. The van der Waals surface area contributed by atoms with Crippen LogP contribution in [0.3, 0.4) is 0 Å². The molecule has 1 aromatic carbocycles. The monoisotopic (exact) mass is 757 g/mol. The van der Waals surface area contributed by atoms with Crippen molar-refractivity contribution < 1.29 is 27.2 Å². The first-order valence-corrected chi connectivity index (χ1v) is 18.3. The van der Waals surface area contributed by atoms with Gasteiger partial charge in [-0.3, -0.25) is 19.2 Å². The van der Waals surface area contributed by atoms with Crippen molar-refractivity contribution in [1.82, 2.24) is 39.2 Å². The van der Waals surface area contributed by atoms with Crippen LogP contribution in [0.1, 0.15) is 72.8 Å². The molecule has 2 aliphatic heterocycles. The maximum absolute atomic E-state index is 14.5. The average Bonchev–Trinajstić information content (AvgIpc) is 3.91. The maximum Gasteiger partial charge on any atom is 0.419 e. The van der Waals surface area contributed by atoms with Gasteiger partial charge in [0.15, 0.2) is 0 Å². The quantitative estimate of drug-likeness (QED) is 0.230. The van der Waals surface area contributed by atoms with E-state index >= 15 is 0 Å². The molecule has 2 amide bonds. The molecule has 19 heteroatoms. The minimum absolute atomic E-state index is 0.0144. The van der Waals surface area contributed by atoms with Gasteiger partial charge in [0.25, 0.3) is 17.0 Å². The van der Waals surface area contributed by atoms with Crippen molar-refractivity contribution >= 4 is 34.9 Å². The molecule has 0 spiro atoms. The number of fused-ring (bicyclic) bond motifs is 1. The average molecular weight is 758 g/mol. The van der Waals surface area contributed by atoms with Crippen LogP contribution in [0.4, 0.5) is 34.9 Å². The second-order valence-corrected chi connectivity index (χ2v) is 14.2. The van der Waals surface area contributed by atoms with Crippen LogP contribution < -0.4 is 31.6 Å². The van der Waals surface area contributed by atoms with E-state index < -0.39 is 47.5 Å². The summed E-state index contributed by atoms with van der Waals surface area (Å²) in [6.07, 6.45) is 0.647. The van der Waals surface area contributed by atoms with E-state index in [1.165, 1.54) is 13.1 Å². The molecule has 3 fully saturated rings. The largest absolute Gasteiger partial charge is 0.419 e. The predicted octanol–water partition coefficient (Wildman–Crippen LogP) is 2.92. The number of anilines is 3. The fourth-order valence-electron chi connectivity index (χ4n) is 7.87. The van der Waals surface area contributed by atoms with Crippen molar-refractivity contribution in [2.24, 2.45) is 0 Å². The smallest absolute Gasteiger partial charge is 0.362 e. The lowest BCUT2D eigenvalue weighted by Gasteiger charge is -2.41. The number of piperazine rings is 2. The molecular weight excluding hydrogens is 714 g/mol. The van der Waals surface area contributed by atoms with Crippen molar-refractivity contribution in [2.75, 3.05) is 60.9 Å². The highest BCUT2D eigenvalue weighted by molar-refractivity contribution is 5.94. The van der Waals surface area contributed by atoms with E-state index in [4.69, 9.17) is 0 Å². The zero-order valence-corrected chi connectivity index (χ0v) is 30.3. The van der Waals surface area contributed by atoms with E-state index in [0.717, 1.165) is 30.2 Å². The van der Waals surface area contributed by atoms with Crippen molar-refractivity contribution in [1.29, 1.82) is 0 Å². The zero-order valence-electron chi connectivity index (χ0n) is 30.3. The SMILES string of the molecule is CCc1c(N2CCN(C(=O)c3c[nH]n(C4CCCC4)c3=O)[C@H](C)C2)c(=O)n2nc(N3CCNCC3)nc2n1CC(=O)Nc1cc(F)c(C(F)(F)F)cc1C. The first-order valence-electron chi connectivity index (χ1n) is 18.3. The number of amides is 2. The molecular formula is C35H43F4N11O4. The minimum atomic E-state index is -4.91. The van der Waals surface area contributed by atoms with Gasteiger partial charge in [0, 0.05) is 63.7 Å². The van der Waals surface area contributed by atoms with Gasteiger partial charge in [0.1, 0.15) is 23.6 Å². The molecule has 0 bridgehead atoms. The van der Waals surface area contributed by atoms with Crippen LogP contribution in [0.2, 0.25) is 0 Å². The lowest BCUT2D eigenvalue weighted by atomic mass is 10.1. The number of alkyl halides is 3. The fraction of sp³-hybridized carbons (Fsp3) is 0.543. The summed E-state index contributed by atoms with van der Waals surface area (Å²) in [7, 11) is 0. The first kappa shape index (κ1) is 37.1. The van der Waals surface area contributed by atoms with E-state index in [0.29, 0.717) is 50.0 Å². The molecule has 2 saturated heterocycles. The summed E-state index contributed by atoms with van der Waals surface area (Å²) in [4.78, 5) is 65.0. The van der Waals surface area contributed by atoms with E-state index in [-0.39, 0.29) is 65.9 Å². The van der Waals surface area contributed by atoms with E-state index in [1.807, 2.05) is 23.6 Å². The Morgan fingerprint density at radius 2 is 1.74 bits per heavy atom. The van der Waals surface area contributed by atoms with Crippen LogP contribution in [-0.2, 0) is 23.9 Å². The summed E-state index contributed by atoms with van der Waals surface area (Å²) in [6.45, 7) is 7.76. The Bertz CT molecular complexity index is 2200. The molecule has 3 aromatic heterocycles. The summed E-state index contributed by atoms with van der Waals surface area (Å²) in [5, 5.41) is 13.3. The molecule has 1 aliphatic carbocycles. The van der Waals surface area contributed by atoms with Crippen molar-refractivity contribution in [3.05, 3.63) is 67.2 Å². The number of benzene rings is 1. The van der Waals surface area contributed by atoms with Crippen LogP contribution in [0, 0.1) is 12.7 Å². The van der Waals surface area contributed by atoms with Crippen LogP contribution >= 0.6 is 0 Å². The van der Waals surface area contributed by atoms with Crippen molar-refractivity contribution in [3.8, 4) is 0 Å². The number of H-pyrrole nitrogens is 1. The Kier molecular flexibility index (Phi) is 10.0. The van der Waals surface area contributed by atoms with Crippen LogP contribution in [0.15, 0.2) is 27.9 Å². The Morgan fingerprint density at radius 3 is 2.41 bits per heavy atom. The molecule has 0 radical (unpaired) electrons. The van der Waals surface area contributed by atoms with E-state index in [9.17, 15) is 36.7 Å². The normalized spacial score (nSPS) is 18.6. The van der Waals surface area contributed by atoms with Crippen LogP contribution in [-0.4, -0.2) is 97.5 Å². The molecule has 1 saturated carbocycles. The maximum atomic E-state index is 14.5. The number of hydrogen-bond acceptors (Lipinski definition) is 9. The molecule has 1 atom stereocenters. The van der Waals surface area contributed by atoms with Gasteiger partial charge in [0.2, 0.25) is 17.6 Å². The Morgan fingerprint density at radius 1 is 1.02 bits per heavy atom. The lowest BCUT2D eigenvalue weighted by molar-refractivity contribution is -0.140. The number of aromatic amines is 1. The number of carbonyl (C=O) groups is 2. The van der Waals surface area contributed by atoms with Gasteiger partial charge in [0.05, 0.1) is 17.3 Å². The van der Waals surface area contributed by atoms with Gasteiger partial charge < -0.3 is 35.0 Å². The summed E-state index contributed by atoms with van der Waals surface area (Å²) in [6, 6.07) is 0.914. The summed E-state index contributed by atoms with van der Waals surface area (Å²) < 4.78 is 58.7. The molecule has 5 heterocycles. The molecule has 15 nitrogen and oxygen atoms in total. The number of carbonyl (C=O) groups excluding carboxylic acids is 2. The number of rotatable bonds is 8. The Hall–Kier alpha value is -5.20. The zero-order chi connectivity index (χ0) is 38.5. The molecule has 7 rings (SSSR count). The highest BCUT2D eigenvalue weighted by atomic mass is 19.4.